The second kappa shape index (κ2) is 11.6. The first kappa shape index (κ1) is 19.1. The average molecular weight is 313 g/mol. The molecule has 128 valence electrons. The van der Waals surface area contributed by atoms with E-state index in [1.807, 2.05) is 0 Å². The summed E-state index contributed by atoms with van der Waals surface area (Å²) < 4.78 is 4.80. The number of hydrogen-bond donors (Lipinski definition) is 1. The quantitative estimate of drug-likeness (QED) is 0.357. The lowest BCUT2D eigenvalue weighted by Crippen LogP contribution is -2.35. The number of ether oxygens (including phenoxy) is 1. The van der Waals surface area contributed by atoms with Crippen molar-refractivity contribution in [3.05, 3.63) is 0 Å². The van der Waals surface area contributed by atoms with Crippen LogP contribution in [0, 0.1) is 0 Å². The zero-order valence-corrected chi connectivity index (χ0v) is 13.9. The molecule has 5 nitrogen and oxygen atoms in total. The number of nitrogens with zero attached hydrogens (tertiary/aromatic N) is 1. The molecule has 5 heteroatoms. The molecule has 0 aromatic rings. The van der Waals surface area contributed by atoms with Gasteiger partial charge in [-0.1, -0.05) is 58.3 Å². The van der Waals surface area contributed by atoms with E-state index in [-0.39, 0.29) is 0 Å². The number of carbonyl (C=O) groups excluding carboxylic acids is 2. The summed E-state index contributed by atoms with van der Waals surface area (Å²) in [6.07, 6.45) is 12.3. The fourth-order valence-electron chi connectivity index (χ4n) is 2.80. The maximum Gasteiger partial charge on any atom is 0.333 e. The molecule has 0 radical (unpaired) electrons. The fourth-order valence-corrected chi connectivity index (χ4v) is 2.80. The summed E-state index contributed by atoms with van der Waals surface area (Å²) in [5.41, 5.74) is 0. The van der Waals surface area contributed by atoms with E-state index in [4.69, 9.17) is 4.74 Å². The van der Waals surface area contributed by atoms with Gasteiger partial charge in [-0.2, -0.15) is 5.06 Å². The Balaban J connectivity index is 1.96. The molecule has 0 amide bonds. The summed E-state index contributed by atoms with van der Waals surface area (Å²) in [6, 6.07) is -0.660. The van der Waals surface area contributed by atoms with Gasteiger partial charge in [0.2, 0.25) is 0 Å². The van der Waals surface area contributed by atoms with Crippen LogP contribution in [0.1, 0.15) is 84.0 Å². The van der Waals surface area contributed by atoms with Gasteiger partial charge in [-0.25, -0.2) is 4.79 Å². The summed E-state index contributed by atoms with van der Waals surface area (Å²) in [6.45, 7) is 2.68. The van der Waals surface area contributed by atoms with Crippen molar-refractivity contribution in [3.63, 3.8) is 0 Å². The van der Waals surface area contributed by atoms with Gasteiger partial charge in [0.05, 0.1) is 0 Å². The molecule has 1 rings (SSSR count). The first-order valence-electron chi connectivity index (χ1n) is 8.85. The molecule has 0 saturated carbocycles. The van der Waals surface area contributed by atoms with Gasteiger partial charge < -0.3 is 9.94 Å². The Morgan fingerprint density at radius 1 is 1.05 bits per heavy atom. The van der Waals surface area contributed by atoms with Gasteiger partial charge in [-0.05, 0) is 19.3 Å². The molecule has 0 unspecified atom stereocenters. The summed E-state index contributed by atoms with van der Waals surface area (Å²) in [4.78, 5) is 23.3. The Kier molecular flexibility index (Phi) is 10.1. The molecule has 0 aromatic heterocycles. The maximum atomic E-state index is 11.7. The van der Waals surface area contributed by atoms with Crippen LogP contribution in [0.25, 0.3) is 0 Å². The molecule has 0 aliphatic carbocycles. The molecule has 1 aliphatic rings. The summed E-state index contributed by atoms with van der Waals surface area (Å²) in [5, 5.41) is 10.4. The molecular weight excluding hydrogens is 282 g/mol. The summed E-state index contributed by atoms with van der Waals surface area (Å²) >= 11 is 0. The lowest BCUT2D eigenvalue weighted by Gasteiger charge is -2.15. The third kappa shape index (κ3) is 7.90. The monoisotopic (exact) mass is 313 g/mol. The largest absolute Gasteiger partial charge is 0.392 e. The van der Waals surface area contributed by atoms with Crippen LogP contribution in [-0.2, 0) is 14.3 Å². The zero-order valence-electron chi connectivity index (χ0n) is 13.9. The Labute approximate surface area is 134 Å². The van der Waals surface area contributed by atoms with Gasteiger partial charge in [-0.15, -0.1) is 0 Å². The van der Waals surface area contributed by atoms with Crippen LogP contribution in [0.15, 0.2) is 0 Å². The van der Waals surface area contributed by atoms with Crippen molar-refractivity contribution in [1.29, 1.82) is 0 Å². The van der Waals surface area contributed by atoms with E-state index >= 15 is 0 Å². The first-order chi connectivity index (χ1) is 10.6. The molecule has 1 atom stereocenters. The third-order valence-electron chi connectivity index (χ3n) is 4.20. The Hall–Kier alpha value is -0.940. The molecule has 1 N–H and O–H groups in total. The second-order valence-corrected chi connectivity index (χ2v) is 6.19. The highest BCUT2D eigenvalue weighted by molar-refractivity contribution is 5.88. The summed E-state index contributed by atoms with van der Waals surface area (Å²) in [7, 11) is 0. The van der Waals surface area contributed by atoms with Crippen molar-refractivity contribution in [3.8, 4) is 0 Å². The van der Waals surface area contributed by atoms with E-state index in [1.165, 1.54) is 38.5 Å². The van der Waals surface area contributed by atoms with Crippen molar-refractivity contribution in [2.45, 2.75) is 90.0 Å². The summed E-state index contributed by atoms with van der Waals surface area (Å²) in [5.74, 6) is -1.07. The van der Waals surface area contributed by atoms with Gasteiger partial charge in [0.15, 0.2) is 0 Å². The molecule has 0 spiro atoms. The van der Waals surface area contributed by atoms with E-state index < -0.39 is 18.0 Å². The second-order valence-electron chi connectivity index (χ2n) is 6.19. The zero-order chi connectivity index (χ0) is 16.2. The van der Waals surface area contributed by atoms with Crippen LogP contribution in [0.2, 0.25) is 0 Å². The number of unbranched alkanes of at least 4 members (excludes halogenated alkanes) is 8. The van der Waals surface area contributed by atoms with Crippen molar-refractivity contribution < 1.29 is 19.5 Å². The molecule has 0 aromatic carbocycles. The van der Waals surface area contributed by atoms with Gasteiger partial charge in [0.25, 0.3) is 0 Å². The predicted octanol–water partition coefficient (Wildman–Crippen LogP) is 3.83. The highest BCUT2D eigenvalue weighted by Gasteiger charge is 2.32. The molecule has 22 heavy (non-hydrogen) atoms. The smallest absolute Gasteiger partial charge is 0.333 e. The van der Waals surface area contributed by atoms with Crippen LogP contribution >= 0.6 is 0 Å². The average Bonchev–Trinajstić information content (AvgIpc) is 2.91. The van der Waals surface area contributed by atoms with Crippen LogP contribution in [0.3, 0.4) is 0 Å². The minimum Gasteiger partial charge on any atom is -0.392 e. The van der Waals surface area contributed by atoms with E-state index in [1.54, 1.807) is 0 Å². The van der Waals surface area contributed by atoms with E-state index in [9.17, 15) is 14.8 Å². The van der Waals surface area contributed by atoms with Crippen molar-refractivity contribution >= 4 is 11.9 Å². The molecule has 1 heterocycles. The van der Waals surface area contributed by atoms with Gasteiger partial charge in [0.1, 0.15) is 6.04 Å². The number of rotatable bonds is 11. The number of esters is 2. The number of hydrogen-bond acceptors (Lipinski definition) is 5. The molecular formula is C17H31NO4. The normalized spacial score (nSPS) is 18.5. The van der Waals surface area contributed by atoms with Crippen molar-refractivity contribution in [1.82, 2.24) is 5.06 Å². The SMILES string of the molecule is CCCCCCCCCCCC(=O)OC(=O)[C@@H]1CCCN1O. The molecule has 1 fully saturated rings. The third-order valence-corrected chi connectivity index (χ3v) is 4.20. The topological polar surface area (TPSA) is 66.8 Å². The number of hydroxylamine groups is 2. The van der Waals surface area contributed by atoms with Crippen LogP contribution in [-0.4, -0.2) is 34.8 Å². The minimum absolute atomic E-state index is 0.291. The lowest BCUT2D eigenvalue weighted by atomic mass is 10.1. The molecule has 1 aliphatic heterocycles. The Morgan fingerprint density at radius 2 is 1.64 bits per heavy atom. The highest BCUT2D eigenvalue weighted by atomic mass is 16.6. The van der Waals surface area contributed by atoms with E-state index in [2.05, 4.69) is 6.92 Å². The standard InChI is InChI=1S/C17H31NO4/c1-2-3-4-5-6-7-8-9-10-13-16(19)22-17(20)15-12-11-14-18(15)21/h15,21H,2-14H2,1H3/t15-/m0/s1. The van der Waals surface area contributed by atoms with Crippen LogP contribution < -0.4 is 0 Å². The Morgan fingerprint density at radius 3 is 2.18 bits per heavy atom. The van der Waals surface area contributed by atoms with Crippen molar-refractivity contribution in [2.75, 3.05) is 6.54 Å². The van der Waals surface area contributed by atoms with E-state index in [0.29, 0.717) is 19.4 Å². The van der Waals surface area contributed by atoms with Crippen LogP contribution in [0.5, 0.6) is 0 Å². The minimum atomic E-state index is -0.660. The fraction of sp³-hybridized carbons (Fsp3) is 0.882. The molecule has 0 bridgehead atoms. The van der Waals surface area contributed by atoms with Gasteiger partial charge in [-0.3, -0.25) is 4.79 Å². The maximum absolute atomic E-state index is 11.7. The molecule has 1 saturated heterocycles. The van der Waals surface area contributed by atoms with Gasteiger partial charge in [0, 0.05) is 13.0 Å². The lowest BCUT2D eigenvalue weighted by molar-refractivity contribution is -0.174. The predicted molar refractivity (Wildman–Crippen MR) is 84.5 cm³/mol. The van der Waals surface area contributed by atoms with E-state index in [0.717, 1.165) is 30.7 Å². The first-order valence-corrected chi connectivity index (χ1v) is 8.85. The number of carbonyl (C=O) groups is 2. The Bertz CT molecular complexity index is 333. The van der Waals surface area contributed by atoms with Crippen LogP contribution in [0.4, 0.5) is 0 Å². The highest BCUT2D eigenvalue weighted by Crippen LogP contribution is 2.16. The van der Waals surface area contributed by atoms with Crippen molar-refractivity contribution in [2.24, 2.45) is 0 Å². The van der Waals surface area contributed by atoms with Gasteiger partial charge >= 0.3 is 11.9 Å².